The van der Waals surface area contributed by atoms with Crippen LogP contribution in [0.25, 0.3) is 10.9 Å². The summed E-state index contributed by atoms with van der Waals surface area (Å²) in [5, 5.41) is 4.92. The average molecular weight is 252 g/mol. The molecule has 2 heteroatoms. The molecule has 0 aliphatic heterocycles. The second-order valence-electron chi connectivity index (χ2n) is 6.19. The minimum Gasteiger partial charge on any atom is -0.384 e. The number of nitrogens with one attached hydrogen (secondary N) is 1. The number of anilines is 1. The van der Waals surface area contributed by atoms with E-state index < -0.39 is 0 Å². The fourth-order valence-corrected chi connectivity index (χ4v) is 4.12. The van der Waals surface area contributed by atoms with Crippen molar-refractivity contribution in [2.24, 2.45) is 17.8 Å². The fourth-order valence-electron chi connectivity index (χ4n) is 4.12. The van der Waals surface area contributed by atoms with Crippen LogP contribution < -0.4 is 5.32 Å². The third-order valence-corrected chi connectivity index (χ3v) is 5.09. The Kier molecular flexibility index (Phi) is 2.68. The van der Waals surface area contributed by atoms with Gasteiger partial charge in [-0.3, -0.25) is 4.98 Å². The molecule has 2 aliphatic carbocycles. The van der Waals surface area contributed by atoms with Crippen LogP contribution in [0.1, 0.15) is 25.7 Å². The monoisotopic (exact) mass is 252 g/mol. The van der Waals surface area contributed by atoms with Gasteiger partial charge in [-0.25, -0.2) is 0 Å². The lowest BCUT2D eigenvalue weighted by Gasteiger charge is -2.22. The number of pyridine rings is 1. The Hall–Kier alpha value is -1.57. The summed E-state index contributed by atoms with van der Waals surface area (Å²) in [4.78, 5) is 4.42. The van der Waals surface area contributed by atoms with Gasteiger partial charge in [0.15, 0.2) is 0 Å². The van der Waals surface area contributed by atoms with Gasteiger partial charge in [-0.05, 0) is 49.1 Å². The summed E-state index contributed by atoms with van der Waals surface area (Å²) in [6.45, 7) is 1.13. The highest BCUT2D eigenvalue weighted by atomic mass is 14.9. The zero-order valence-corrected chi connectivity index (χ0v) is 11.2. The first-order valence-corrected chi connectivity index (χ1v) is 7.48. The first kappa shape index (κ1) is 11.3. The second-order valence-corrected chi connectivity index (χ2v) is 6.19. The van der Waals surface area contributed by atoms with Crippen molar-refractivity contribution in [3.63, 3.8) is 0 Å². The summed E-state index contributed by atoms with van der Waals surface area (Å²) in [6.07, 6.45) is 7.79. The number of rotatable bonds is 3. The largest absolute Gasteiger partial charge is 0.384 e. The summed E-state index contributed by atoms with van der Waals surface area (Å²) in [7, 11) is 0. The highest BCUT2D eigenvalue weighted by molar-refractivity contribution is 5.90. The number of benzene rings is 1. The Balaban J connectivity index is 1.52. The van der Waals surface area contributed by atoms with Crippen molar-refractivity contribution < 1.29 is 0 Å². The predicted octanol–water partition coefficient (Wildman–Crippen LogP) is 4.08. The molecule has 98 valence electrons. The van der Waals surface area contributed by atoms with Crippen molar-refractivity contribution in [1.29, 1.82) is 0 Å². The molecule has 3 atom stereocenters. The van der Waals surface area contributed by atoms with Crippen LogP contribution in [0.4, 0.5) is 5.69 Å². The SMILES string of the molecule is c1ccc2c(NCC3CC4CCC3C4)ccnc2c1. The predicted molar refractivity (Wildman–Crippen MR) is 79.2 cm³/mol. The third kappa shape index (κ3) is 1.99. The van der Waals surface area contributed by atoms with Crippen molar-refractivity contribution in [1.82, 2.24) is 4.98 Å². The maximum atomic E-state index is 4.42. The maximum absolute atomic E-state index is 4.42. The van der Waals surface area contributed by atoms with Crippen LogP contribution >= 0.6 is 0 Å². The fraction of sp³-hybridized carbons (Fsp3) is 0.471. The van der Waals surface area contributed by atoms with Crippen molar-refractivity contribution in [2.45, 2.75) is 25.7 Å². The van der Waals surface area contributed by atoms with Gasteiger partial charge >= 0.3 is 0 Å². The standard InChI is InChI=1S/C17H20N2/c1-2-4-16-15(3-1)17(7-8-18-16)19-11-14-10-12-5-6-13(14)9-12/h1-4,7-8,12-14H,5-6,9-11H2,(H,18,19). The molecule has 1 heterocycles. The topological polar surface area (TPSA) is 24.9 Å². The molecule has 2 bridgehead atoms. The van der Waals surface area contributed by atoms with Gasteiger partial charge in [0.2, 0.25) is 0 Å². The lowest BCUT2D eigenvalue weighted by atomic mass is 9.89. The minimum absolute atomic E-state index is 0.894. The van der Waals surface area contributed by atoms with E-state index in [1.165, 1.54) is 36.8 Å². The van der Waals surface area contributed by atoms with E-state index in [2.05, 4.69) is 40.6 Å². The van der Waals surface area contributed by atoms with Crippen LogP contribution in [0.3, 0.4) is 0 Å². The zero-order chi connectivity index (χ0) is 12.7. The second kappa shape index (κ2) is 4.52. The van der Waals surface area contributed by atoms with E-state index in [0.29, 0.717) is 0 Å². The summed E-state index contributed by atoms with van der Waals surface area (Å²) < 4.78 is 0. The Morgan fingerprint density at radius 3 is 2.89 bits per heavy atom. The summed E-state index contributed by atoms with van der Waals surface area (Å²) in [6, 6.07) is 10.5. The first-order chi connectivity index (χ1) is 9.40. The molecular weight excluding hydrogens is 232 g/mol. The molecule has 1 aromatic carbocycles. The van der Waals surface area contributed by atoms with Gasteiger partial charge in [-0.15, -0.1) is 0 Å². The van der Waals surface area contributed by atoms with Crippen LogP contribution in [0.2, 0.25) is 0 Å². The number of hydrogen-bond acceptors (Lipinski definition) is 2. The van der Waals surface area contributed by atoms with Gasteiger partial charge in [0.05, 0.1) is 5.52 Å². The van der Waals surface area contributed by atoms with Crippen LogP contribution in [0.5, 0.6) is 0 Å². The Morgan fingerprint density at radius 2 is 2.05 bits per heavy atom. The molecule has 0 saturated heterocycles. The molecule has 2 fully saturated rings. The molecule has 1 aromatic heterocycles. The smallest absolute Gasteiger partial charge is 0.0722 e. The molecule has 0 amide bonds. The van der Waals surface area contributed by atoms with Crippen LogP contribution in [0.15, 0.2) is 36.5 Å². The van der Waals surface area contributed by atoms with Gasteiger partial charge in [0.25, 0.3) is 0 Å². The van der Waals surface area contributed by atoms with Crippen LogP contribution in [-0.4, -0.2) is 11.5 Å². The lowest BCUT2D eigenvalue weighted by molar-refractivity contribution is 0.348. The van der Waals surface area contributed by atoms with Gasteiger partial charge in [0, 0.05) is 23.8 Å². The third-order valence-electron chi connectivity index (χ3n) is 5.09. The Bertz CT molecular complexity index is 587. The van der Waals surface area contributed by atoms with Gasteiger partial charge in [-0.1, -0.05) is 24.6 Å². The molecule has 0 radical (unpaired) electrons. The van der Waals surface area contributed by atoms with E-state index in [0.717, 1.165) is 29.8 Å². The van der Waals surface area contributed by atoms with Gasteiger partial charge in [0.1, 0.15) is 0 Å². The lowest BCUT2D eigenvalue weighted by Crippen LogP contribution is -2.20. The maximum Gasteiger partial charge on any atom is 0.0722 e. The molecule has 2 nitrogen and oxygen atoms in total. The molecular formula is C17H20N2. The molecule has 3 unspecified atom stereocenters. The molecule has 4 rings (SSSR count). The molecule has 2 aliphatic rings. The van der Waals surface area contributed by atoms with Crippen molar-refractivity contribution in [2.75, 3.05) is 11.9 Å². The molecule has 2 saturated carbocycles. The van der Waals surface area contributed by atoms with E-state index in [1.807, 2.05) is 6.20 Å². The highest BCUT2D eigenvalue weighted by Gasteiger charge is 2.38. The van der Waals surface area contributed by atoms with Crippen LogP contribution in [-0.2, 0) is 0 Å². The number of fused-ring (bicyclic) bond motifs is 3. The minimum atomic E-state index is 0.894. The first-order valence-electron chi connectivity index (χ1n) is 7.48. The molecule has 19 heavy (non-hydrogen) atoms. The number of para-hydroxylation sites is 1. The quantitative estimate of drug-likeness (QED) is 0.890. The van der Waals surface area contributed by atoms with Gasteiger partial charge in [-0.2, -0.15) is 0 Å². The number of nitrogens with zero attached hydrogens (tertiary/aromatic N) is 1. The molecule has 2 aromatic rings. The van der Waals surface area contributed by atoms with E-state index in [9.17, 15) is 0 Å². The number of hydrogen-bond donors (Lipinski definition) is 1. The van der Waals surface area contributed by atoms with E-state index >= 15 is 0 Å². The van der Waals surface area contributed by atoms with E-state index in [4.69, 9.17) is 0 Å². The van der Waals surface area contributed by atoms with Crippen molar-refractivity contribution in [3.8, 4) is 0 Å². The number of aromatic nitrogens is 1. The van der Waals surface area contributed by atoms with Crippen molar-refractivity contribution >= 4 is 16.6 Å². The summed E-state index contributed by atoms with van der Waals surface area (Å²) >= 11 is 0. The Morgan fingerprint density at radius 1 is 1.11 bits per heavy atom. The zero-order valence-electron chi connectivity index (χ0n) is 11.2. The average Bonchev–Trinajstić information content (AvgIpc) is 3.07. The van der Waals surface area contributed by atoms with Crippen molar-refractivity contribution in [3.05, 3.63) is 36.5 Å². The van der Waals surface area contributed by atoms with Crippen LogP contribution in [0, 0.1) is 17.8 Å². The summed E-state index contributed by atoms with van der Waals surface area (Å²) in [5.74, 6) is 2.92. The van der Waals surface area contributed by atoms with E-state index in [1.54, 1.807) is 0 Å². The Labute approximate surface area is 114 Å². The summed E-state index contributed by atoms with van der Waals surface area (Å²) in [5.41, 5.74) is 2.33. The molecule has 0 spiro atoms. The van der Waals surface area contributed by atoms with E-state index in [-0.39, 0.29) is 0 Å². The van der Waals surface area contributed by atoms with Gasteiger partial charge < -0.3 is 5.32 Å². The highest BCUT2D eigenvalue weighted by Crippen LogP contribution is 2.48. The molecule has 1 N–H and O–H groups in total. The normalized spacial score (nSPS) is 28.9.